The van der Waals surface area contributed by atoms with Crippen LogP contribution in [0.4, 0.5) is 0 Å². The molecule has 12 rings (SSSR count). The van der Waals surface area contributed by atoms with Crippen LogP contribution in [0.1, 0.15) is 8.22 Å². The van der Waals surface area contributed by atoms with Crippen LogP contribution in [0.5, 0.6) is 0 Å². The topological polar surface area (TPSA) is 56.7 Å². The molecule has 3 aromatic heterocycles. The highest BCUT2D eigenvalue weighted by Gasteiger charge is 2.21. The summed E-state index contributed by atoms with van der Waals surface area (Å²) in [6.45, 7) is 0. The molecule has 0 atom stereocenters. The van der Waals surface area contributed by atoms with Crippen molar-refractivity contribution in [2.24, 2.45) is 0 Å². The van der Waals surface area contributed by atoms with Gasteiger partial charge in [-0.2, -0.15) is 0 Å². The van der Waals surface area contributed by atoms with Crippen molar-refractivity contribution in [1.29, 1.82) is 0 Å². The molecule has 0 unspecified atom stereocenters. The number of hydrogen-bond donors (Lipinski definition) is 0. The van der Waals surface area contributed by atoms with E-state index in [0.29, 0.717) is 34.3 Å². The van der Waals surface area contributed by atoms with Crippen LogP contribution < -0.4 is 0 Å². The van der Waals surface area contributed by atoms with E-state index in [-0.39, 0.29) is 63.8 Å². The molecular weight excluding hydrogens is 733 g/mol. The second-order valence-electron chi connectivity index (χ2n) is 14.7. The number of rotatable bonds is 6. The molecule has 12 aromatic rings. The van der Waals surface area contributed by atoms with E-state index in [2.05, 4.69) is 59.2 Å². The Kier molecular flexibility index (Phi) is 6.48. The van der Waals surface area contributed by atoms with E-state index in [9.17, 15) is 2.74 Å². The second-order valence-corrected chi connectivity index (χ2v) is 14.7. The first-order valence-corrected chi connectivity index (χ1v) is 19.7. The van der Waals surface area contributed by atoms with Gasteiger partial charge in [0, 0.05) is 49.4 Å². The van der Waals surface area contributed by atoms with Gasteiger partial charge in [0.25, 0.3) is 0 Å². The molecule has 0 spiro atoms. The first-order valence-electron chi connectivity index (χ1n) is 22.7. The summed E-state index contributed by atoms with van der Waals surface area (Å²) in [6, 6.07) is 54.3. The van der Waals surface area contributed by atoms with Gasteiger partial charge in [-0.1, -0.05) is 170 Å². The lowest BCUT2D eigenvalue weighted by atomic mass is 9.97. The predicted molar refractivity (Wildman–Crippen MR) is 246 cm³/mol. The summed E-state index contributed by atoms with van der Waals surface area (Å²) in [5.74, 6) is 1.29. The third-order valence-electron chi connectivity index (χ3n) is 11.2. The van der Waals surface area contributed by atoms with Gasteiger partial charge in [-0.3, -0.25) is 0 Å². The minimum absolute atomic E-state index is 0.0152. The molecule has 0 saturated heterocycles. The largest absolute Gasteiger partial charge is 0.455 e. The predicted octanol–water partition coefficient (Wildman–Crippen LogP) is 14.4. The van der Waals surface area contributed by atoms with Crippen molar-refractivity contribution in [3.63, 3.8) is 0 Å². The van der Waals surface area contributed by atoms with Crippen molar-refractivity contribution in [3.8, 4) is 62.1 Å². The molecule has 0 aliphatic rings. The van der Waals surface area contributed by atoms with E-state index < -0.39 is 0 Å². The van der Waals surface area contributed by atoms with E-state index in [4.69, 9.17) is 24.9 Å². The number of furan rings is 1. The highest BCUT2D eigenvalue weighted by atomic mass is 16.3. The molecule has 0 aliphatic heterocycles. The molecule has 0 aliphatic carbocycles. The summed E-state index contributed by atoms with van der Waals surface area (Å²) in [6.07, 6.45) is 0. The number of fused-ring (bicyclic) bond motifs is 7. The van der Waals surface area contributed by atoms with Crippen LogP contribution in [0.25, 0.3) is 117 Å². The Labute approximate surface area is 353 Å². The lowest BCUT2D eigenvalue weighted by Crippen LogP contribution is -2.02. The third-order valence-corrected chi connectivity index (χ3v) is 11.2. The molecule has 5 nitrogen and oxygen atoms in total. The molecule has 0 fully saturated rings. The van der Waals surface area contributed by atoms with Gasteiger partial charge in [0.2, 0.25) is 0 Å². The minimum atomic E-state index is -0.374. The zero-order chi connectivity index (χ0) is 44.8. The number of aromatic nitrogens is 4. The molecular formula is C55H34N4O. The molecule has 5 heteroatoms. The van der Waals surface area contributed by atoms with Crippen LogP contribution in [0.3, 0.4) is 0 Å². The minimum Gasteiger partial charge on any atom is -0.455 e. The maximum atomic E-state index is 9.57. The van der Waals surface area contributed by atoms with Gasteiger partial charge < -0.3 is 8.98 Å². The lowest BCUT2D eigenvalue weighted by molar-refractivity contribution is 0.670. The van der Waals surface area contributed by atoms with Crippen LogP contribution in [0, 0.1) is 0 Å². The van der Waals surface area contributed by atoms with Crippen molar-refractivity contribution < 1.29 is 12.6 Å². The Morgan fingerprint density at radius 1 is 0.400 bits per heavy atom. The summed E-state index contributed by atoms with van der Waals surface area (Å²) < 4.78 is 62.6. The van der Waals surface area contributed by atoms with Gasteiger partial charge in [-0.25, -0.2) is 15.0 Å². The summed E-state index contributed by atoms with van der Waals surface area (Å²) in [5.41, 5.74) is 7.60. The number of hydrogen-bond acceptors (Lipinski definition) is 4. The third kappa shape index (κ3) is 5.52. The van der Waals surface area contributed by atoms with Gasteiger partial charge >= 0.3 is 0 Å². The SMILES string of the molecule is [2H]c1cc([2H])c2oc3c(-c4cc(-c5nc(-c6ccccc6)nc(-c6ccc(-c7cccc8ccccc78)cc6)n5)ccc4-n4c5ccccc5c5ccccc54)c([2H])c([2H])c([2H])c3c2c1[2H]. The van der Waals surface area contributed by atoms with Gasteiger partial charge in [-0.05, 0) is 58.3 Å². The number of nitrogens with zero attached hydrogens (tertiary/aromatic N) is 4. The van der Waals surface area contributed by atoms with Crippen molar-refractivity contribution in [2.75, 3.05) is 0 Å². The van der Waals surface area contributed by atoms with Gasteiger partial charge in [0.15, 0.2) is 17.5 Å². The van der Waals surface area contributed by atoms with Gasteiger partial charge in [-0.15, -0.1) is 0 Å². The lowest BCUT2D eigenvalue weighted by Gasteiger charge is -2.16. The van der Waals surface area contributed by atoms with Crippen molar-refractivity contribution in [2.45, 2.75) is 0 Å². The van der Waals surface area contributed by atoms with Crippen molar-refractivity contribution >= 4 is 54.5 Å². The second kappa shape index (κ2) is 13.8. The Morgan fingerprint density at radius 2 is 1.00 bits per heavy atom. The summed E-state index contributed by atoms with van der Waals surface area (Å²) in [7, 11) is 0. The average Bonchev–Trinajstić information content (AvgIpc) is 3.93. The van der Waals surface area contributed by atoms with E-state index in [1.165, 1.54) is 6.07 Å². The van der Waals surface area contributed by atoms with Crippen LogP contribution in [-0.4, -0.2) is 19.5 Å². The molecule has 9 aromatic carbocycles. The Bertz CT molecular complexity index is 3900. The van der Waals surface area contributed by atoms with E-state index in [0.717, 1.165) is 54.8 Å². The summed E-state index contributed by atoms with van der Waals surface area (Å²) in [4.78, 5) is 15.2. The molecule has 0 radical (unpaired) electrons. The summed E-state index contributed by atoms with van der Waals surface area (Å²) in [5, 5.41) is 4.56. The molecule has 0 bridgehead atoms. The Morgan fingerprint density at radius 3 is 1.77 bits per heavy atom. The molecule has 0 saturated carbocycles. The quantitative estimate of drug-likeness (QED) is 0.169. The Balaban J connectivity index is 1.13. The van der Waals surface area contributed by atoms with Gasteiger partial charge in [0.1, 0.15) is 11.2 Å². The molecule has 280 valence electrons. The average molecular weight is 773 g/mol. The first kappa shape index (κ1) is 28.3. The van der Waals surface area contributed by atoms with E-state index >= 15 is 0 Å². The van der Waals surface area contributed by atoms with Crippen LogP contribution in [-0.2, 0) is 0 Å². The van der Waals surface area contributed by atoms with Crippen molar-refractivity contribution in [3.05, 3.63) is 206 Å². The zero-order valence-electron chi connectivity index (χ0n) is 37.9. The summed E-state index contributed by atoms with van der Waals surface area (Å²) >= 11 is 0. The smallest absolute Gasteiger partial charge is 0.164 e. The maximum absolute atomic E-state index is 9.57. The highest BCUT2D eigenvalue weighted by molar-refractivity contribution is 6.12. The maximum Gasteiger partial charge on any atom is 0.164 e. The fourth-order valence-corrected chi connectivity index (χ4v) is 8.44. The van der Waals surface area contributed by atoms with Crippen molar-refractivity contribution in [1.82, 2.24) is 19.5 Å². The van der Waals surface area contributed by atoms with Crippen LogP contribution in [0.2, 0.25) is 0 Å². The standard InChI is InChI=1S/C55H34N4O/c1-2-15-37(16-3-1)53-56-54(38-30-28-36(29-31-38)41-22-12-17-35-14-4-5-18-40(35)41)58-55(57-53)39-32-33-50(59-48-25-9-6-19-42(48)43-20-7-10-26-49(43)59)47(34-39)46-24-13-23-45-44-21-8-11-27-51(44)60-52(45)46/h1-34H/i8D,13D,21D,23D,24D,27D. The molecule has 0 amide bonds. The monoisotopic (exact) mass is 772 g/mol. The molecule has 3 heterocycles. The van der Waals surface area contributed by atoms with Gasteiger partial charge in [0.05, 0.1) is 24.9 Å². The Hall–Kier alpha value is -8.15. The normalized spacial score (nSPS) is 13.1. The first-order chi connectivity index (χ1) is 32.2. The zero-order valence-corrected chi connectivity index (χ0v) is 31.9. The fourth-order valence-electron chi connectivity index (χ4n) is 8.44. The van der Waals surface area contributed by atoms with Crippen LogP contribution in [0.15, 0.2) is 211 Å². The molecule has 60 heavy (non-hydrogen) atoms. The highest BCUT2D eigenvalue weighted by Crippen LogP contribution is 2.42. The fraction of sp³-hybridized carbons (Fsp3) is 0. The van der Waals surface area contributed by atoms with Crippen LogP contribution >= 0.6 is 0 Å². The van der Waals surface area contributed by atoms with E-state index in [1.807, 2.05) is 109 Å². The number of para-hydroxylation sites is 4. The number of benzene rings is 9. The molecule has 0 N–H and O–H groups in total. The van der Waals surface area contributed by atoms with E-state index in [1.54, 1.807) is 0 Å².